The van der Waals surface area contributed by atoms with Crippen molar-refractivity contribution in [2.45, 2.75) is 19.8 Å². The van der Waals surface area contributed by atoms with E-state index in [0.717, 1.165) is 15.6 Å². The Morgan fingerprint density at radius 3 is 2.84 bits per heavy atom. The topological polar surface area (TPSA) is 57.6 Å². The van der Waals surface area contributed by atoms with Crippen LogP contribution in [0.25, 0.3) is 0 Å². The lowest BCUT2D eigenvalue weighted by molar-refractivity contribution is -0.143. The molecule has 5 heteroatoms. The molecule has 0 bridgehead atoms. The molecule has 1 aromatic carbocycles. The fourth-order valence-electron chi connectivity index (χ4n) is 2.34. The molecule has 4 nitrogen and oxygen atoms in total. The van der Waals surface area contributed by atoms with Crippen LogP contribution in [-0.2, 0) is 4.79 Å². The molecule has 0 aromatic heterocycles. The van der Waals surface area contributed by atoms with Crippen LogP contribution in [0.5, 0.6) is 0 Å². The van der Waals surface area contributed by atoms with Crippen LogP contribution in [-0.4, -0.2) is 35.0 Å². The summed E-state index contributed by atoms with van der Waals surface area (Å²) < 4.78 is 0.908. The fourth-order valence-corrected chi connectivity index (χ4v) is 2.90. The van der Waals surface area contributed by atoms with Gasteiger partial charge in [0.05, 0.1) is 11.5 Å². The number of carbonyl (C=O) groups is 2. The van der Waals surface area contributed by atoms with E-state index in [1.165, 1.54) is 0 Å². The number of benzene rings is 1. The van der Waals surface area contributed by atoms with E-state index in [1.807, 2.05) is 25.1 Å². The minimum Gasteiger partial charge on any atom is -0.481 e. The van der Waals surface area contributed by atoms with Gasteiger partial charge in [0.1, 0.15) is 0 Å². The number of carboxylic acids is 1. The van der Waals surface area contributed by atoms with Gasteiger partial charge in [-0.05, 0) is 54.5 Å². The predicted octanol–water partition coefficient (Wildman–Crippen LogP) is 2.54. The maximum Gasteiger partial charge on any atom is 0.308 e. The van der Waals surface area contributed by atoms with Crippen LogP contribution in [0.4, 0.5) is 0 Å². The Hall–Kier alpha value is -1.11. The second kappa shape index (κ2) is 5.90. The van der Waals surface area contributed by atoms with E-state index in [-0.39, 0.29) is 5.91 Å². The summed E-state index contributed by atoms with van der Waals surface area (Å²) in [6.45, 7) is 2.91. The zero-order valence-electron chi connectivity index (χ0n) is 10.7. The van der Waals surface area contributed by atoms with Crippen LogP contribution in [0.1, 0.15) is 28.8 Å². The Balaban J connectivity index is 2.19. The lowest BCUT2D eigenvalue weighted by Gasteiger charge is -2.31. The molecular weight excluding hydrogens is 357 g/mol. The van der Waals surface area contributed by atoms with Crippen LogP contribution in [0.2, 0.25) is 0 Å². The van der Waals surface area contributed by atoms with Gasteiger partial charge in [0.2, 0.25) is 0 Å². The van der Waals surface area contributed by atoms with Gasteiger partial charge in [0, 0.05) is 16.7 Å². The van der Waals surface area contributed by atoms with Crippen molar-refractivity contribution in [2.24, 2.45) is 5.92 Å². The Labute approximate surface area is 125 Å². The molecule has 1 heterocycles. The van der Waals surface area contributed by atoms with Crippen molar-refractivity contribution in [3.8, 4) is 0 Å². The van der Waals surface area contributed by atoms with Crippen molar-refractivity contribution in [1.82, 2.24) is 4.90 Å². The molecule has 2 rings (SSSR count). The minimum atomic E-state index is -0.809. The first-order valence-corrected chi connectivity index (χ1v) is 7.35. The first-order valence-electron chi connectivity index (χ1n) is 6.27. The summed E-state index contributed by atoms with van der Waals surface area (Å²) in [7, 11) is 0. The van der Waals surface area contributed by atoms with Gasteiger partial charge in [-0.2, -0.15) is 0 Å². The van der Waals surface area contributed by atoms with Gasteiger partial charge in [-0.15, -0.1) is 0 Å². The number of carboxylic acid groups (broad SMARTS) is 1. The van der Waals surface area contributed by atoms with Crippen molar-refractivity contribution in [3.05, 3.63) is 32.9 Å². The van der Waals surface area contributed by atoms with Crippen LogP contribution in [0.3, 0.4) is 0 Å². The van der Waals surface area contributed by atoms with E-state index in [1.54, 1.807) is 4.90 Å². The first-order chi connectivity index (χ1) is 8.99. The van der Waals surface area contributed by atoms with Gasteiger partial charge >= 0.3 is 5.97 Å². The quantitative estimate of drug-likeness (QED) is 0.811. The molecule has 1 amide bonds. The molecule has 1 N–H and O–H groups in total. The van der Waals surface area contributed by atoms with Crippen LogP contribution in [0.15, 0.2) is 18.2 Å². The van der Waals surface area contributed by atoms with Crippen LogP contribution < -0.4 is 0 Å². The molecule has 1 atom stereocenters. The van der Waals surface area contributed by atoms with E-state index in [2.05, 4.69) is 22.6 Å². The van der Waals surface area contributed by atoms with Crippen molar-refractivity contribution >= 4 is 34.5 Å². The van der Waals surface area contributed by atoms with Gasteiger partial charge in [0.15, 0.2) is 0 Å². The monoisotopic (exact) mass is 373 g/mol. The van der Waals surface area contributed by atoms with Gasteiger partial charge in [-0.3, -0.25) is 9.59 Å². The van der Waals surface area contributed by atoms with Gasteiger partial charge in [-0.25, -0.2) is 0 Å². The Kier molecular flexibility index (Phi) is 4.44. The molecule has 1 aromatic rings. The van der Waals surface area contributed by atoms with Gasteiger partial charge in [0.25, 0.3) is 5.91 Å². The molecule has 0 radical (unpaired) electrons. The third-order valence-electron chi connectivity index (χ3n) is 3.41. The van der Waals surface area contributed by atoms with E-state index in [0.29, 0.717) is 25.1 Å². The fraction of sp³-hybridized carbons (Fsp3) is 0.429. The first kappa shape index (κ1) is 14.3. The second-order valence-corrected chi connectivity index (χ2v) is 6.07. The summed E-state index contributed by atoms with van der Waals surface area (Å²) in [6.07, 6.45) is 1.41. The number of halogens is 1. The van der Waals surface area contributed by atoms with Crippen LogP contribution in [0, 0.1) is 16.4 Å². The highest BCUT2D eigenvalue weighted by Crippen LogP contribution is 2.21. The normalized spacial score (nSPS) is 19.3. The molecule has 0 spiro atoms. The number of likely N-dealkylation sites (tertiary alicyclic amines) is 1. The summed E-state index contributed by atoms with van der Waals surface area (Å²) in [5.41, 5.74) is 1.71. The minimum absolute atomic E-state index is 0.0564. The number of hydrogen-bond donors (Lipinski definition) is 1. The van der Waals surface area contributed by atoms with E-state index in [4.69, 9.17) is 5.11 Å². The van der Waals surface area contributed by atoms with E-state index in [9.17, 15) is 9.59 Å². The number of rotatable bonds is 2. The molecule has 102 valence electrons. The van der Waals surface area contributed by atoms with Crippen molar-refractivity contribution in [3.63, 3.8) is 0 Å². The van der Waals surface area contributed by atoms with Gasteiger partial charge in [-0.1, -0.05) is 11.6 Å². The zero-order valence-corrected chi connectivity index (χ0v) is 12.9. The molecule has 0 saturated carbocycles. The molecule has 1 fully saturated rings. The zero-order chi connectivity index (χ0) is 14.0. The number of amides is 1. The highest BCUT2D eigenvalue weighted by molar-refractivity contribution is 14.1. The maximum atomic E-state index is 12.5. The predicted molar refractivity (Wildman–Crippen MR) is 80.2 cm³/mol. The lowest BCUT2D eigenvalue weighted by atomic mass is 9.97. The third-order valence-corrected chi connectivity index (χ3v) is 4.35. The smallest absolute Gasteiger partial charge is 0.308 e. The molecule has 0 aliphatic carbocycles. The maximum absolute atomic E-state index is 12.5. The molecule has 1 saturated heterocycles. The molecule has 0 unspecified atom stereocenters. The Bertz CT molecular complexity index is 515. The van der Waals surface area contributed by atoms with Crippen molar-refractivity contribution < 1.29 is 14.7 Å². The van der Waals surface area contributed by atoms with E-state index >= 15 is 0 Å². The van der Waals surface area contributed by atoms with Crippen LogP contribution >= 0.6 is 22.6 Å². The van der Waals surface area contributed by atoms with E-state index < -0.39 is 11.9 Å². The molecule has 19 heavy (non-hydrogen) atoms. The number of carbonyl (C=O) groups excluding carboxylic acids is 1. The highest BCUT2D eigenvalue weighted by Gasteiger charge is 2.29. The third kappa shape index (κ3) is 3.26. The number of nitrogens with zero attached hydrogens (tertiary/aromatic N) is 1. The summed E-state index contributed by atoms with van der Waals surface area (Å²) in [5, 5.41) is 9.07. The van der Waals surface area contributed by atoms with Gasteiger partial charge < -0.3 is 10.0 Å². The summed E-state index contributed by atoms with van der Waals surface area (Å²) in [6, 6.07) is 5.76. The SMILES string of the molecule is Cc1ccc(I)c(C(=O)N2CCC[C@H](C(=O)O)C2)c1. The number of piperidine rings is 1. The molecular formula is C14H16INO3. The Morgan fingerprint density at radius 2 is 2.16 bits per heavy atom. The standard InChI is InChI=1S/C14H16INO3/c1-9-4-5-12(15)11(7-9)13(17)16-6-2-3-10(8-16)14(18)19/h4-5,7,10H,2-3,6,8H2,1H3,(H,18,19)/t10-/m0/s1. The number of hydrogen-bond acceptors (Lipinski definition) is 2. The highest BCUT2D eigenvalue weighted by atomic mass is 127. The number of aliphatic carboxylic acids is 1. The summed E-state index contributed by atoms with van der Waals surface area (Å²) in [5.74, 6) is -1.30. The Morgan fingerprint density at radius 1 is 1.42 bits per heavy atom. The average molecular weight is 373 g/mol. The van der Waals surface area contributed by atoms with Crippen molar-refractivity contribution in [2.75, 3.05) is 13.1 Å². The largest absolute Gasteiger partial charge is 0.481 e. The summed E-state index contributed by atoms with van der Waals surface area (Å²) in [4.78, 5) is 25.2. The lowest BCUT2D eigenvalue weighted by Crippen LogP contribution is -2.42. The number of aryl methyl sites for hydroxylation is 1. The van der Waals surface area contributed by atoms with Crippen molar-refractivity contribution in [1.29, 1.82) is 0 Å². The molecule has 1 aliphatic heterocycles. The average Bonchev–Trinajstić information content (AvgIpc) is 2.41. The summed E-state index contributed by atoms with van der Waals surface area (Å²) >= 11 is 2.14. The second-order valence-electron chi connectivity index (χ2n) is 4.91. The molecule has 1 aliphatic rings.